The quantitative estimate of drug-likeness (QED) is 0.930. The summed E-state index contributed by atoms with van der Waals surface area (Å²) in [5.74, 6) is 2.10. The van der Waals surface area contributed by atoms with Gasteiger partial charge >= 0.3 is 0 Å². The fourth-order valence-corrected chi connectivity index (χ4v) is 2.29. The van der Waals surface area contributed by atoms with E-state index >= 15 is 0 Å². The second-order valence-electron chi connectivity index (χ2n) is 5.32. The van der Waals surface area contributed by atoms with E-state index < -0.39 is 0 Å². The highest BCUT2D eigenvalue weighted by atomic mass is 16.3. The second kappa shape index (κ2) is 5.53. The highest BCUT2D eigenvalue weighted by molar-refractivity contribution is 5.37. The maximum absolute atomic E-state index is 12.3. The minimum atomic E-state index is -0.104. The van der Waals surface area contributed by atoms with E-state index in [1.54, 1.807) is 17.0 Å². The van der Waals surface area contributed by atoms with Crippen LogP contribution in [0.15, 0.2) is 27.7 Å². The van der Waals surface area contributed by atoms with Crippen molar-refractivity contribution < 1.29 is 4.42 Å². The van der Waals surface area contributed by atoms with E-state index in [9.17, 15) is 4.79 Å². The predicted octanol–water partition coefficient (Wildman–Crippen LogP) is 3.21. The molecule has 1 atom stereocenters. The molecule has 5 nitrogen and oxygen atoms in total. The number of nitrogens with one attached hydrogen (secondary N) is 1. The lowest BCUT2D eigenvalue weighted by Crippen LogP contribution is -2.26. The van der Waals surface area contributed by atoms with E-state index in [-0.39, 0.29) is 17.6 Å². The van der Waals surface area contributed by atoms with Crippen molar-refractivity contribution >= 4 is 5.82 Å². The average molecular weight is 275 g/mol. The summed E-state index contributed by atoms with van der Waals surface area (Å²) in [6, 6.07) is 2.06. The monoisotopic (exact) mass is 275 g/mol. The summed E-state index contributed by atoms with van der Waals surface area (Å²) >= 11 is 0. The standard InChI is InChI=1S/C15H21N3O2/c1-9(2)18-7-6-16-14(15(18)19)17-11(4)13-8-10(3)20-12(13)5/h6-9,11H,1-5H3,(H,16,17). The Labute approximate surface area is 118 Å². The van der Waals surface area contributed by atoms with E-state index in [0.29, 0.717) is 5.82 Å². The Balaban J connectivity index is 2.29. The Morgan fingerprint density at radius 3 is 2.55 bits per heavy atom. The molecule has 0 fully saturated rings. The van der Waals surface area contributed by atoms with Crippen LogP contribution in [0.4, 0.5) is 5.82 Å². The molecule has 2 heterocycles. The summed E-state index contributed by atoms with van der Waals surface area (Å²) in [4.78, 5) is 16.4. The summed E-state index contributed by atoms with van der Waals surface area (Å²) in [5.41, 5.74) is 0.941. The van der Waals surface area contributed by atoms with Crippen LogP contribution in [0.1, 0.15) is 49.9 Å². The van der Waals surface area contributed by atoms with E-state index in [0.717, 1.165) is 17.1 Å². The van der Waals surface area contributed by atoms with E-state index in [2.05, 4.69) is 10.3 Å². The fraction of sp³-hybridized carbons (Fsp3) is 0.467. The van der Waals surface area contributed by atoms with Gasteiger partial charge in [0, 0.05) is 24.0 Å². The minimum absolute atomic E-state index is 0.0318. The van der Waals surface area contributed by atoms with Gasteiger partial charge in [-0.15, -0.1) is 0 Å². The molecule has 2 aromatic rings. The molecule has 0 amide bonds. The first-order valence-corrected chi connectivity index (χ1v) is 6.80. The number of furan rings is 1. The first-order chi connectivity index (χ1) is 9.40. The largest absolute Gasteiger partial charge is 0.466 e. The van der Waals surface area contributed by atoms with Crippen molar-refractivity contribution in [2.45, 2.75) is 46.7 Å². The van der Waals surface area contributed by atoms with Crippen LogP contribution in [0.3, 0.4) is 0 Å². The molecule has 1 N–H and O–H groups in total. The van der Waals surface area contributed by atoms with Gasteiger partial charge in [-0.2, -0.15) is 0 Å². The first-order valence-electron chi connectivity index (χ1n) is 6.80. The van der Waals surface area contributed by atoms with Crippen molar-refractivity contribution in [3.63, 3.8) is 0 Å². The van der Waals surface area contributed by atoms with Gasteiger partial charge < -0.3 is 14.3 Å². The van der Waals surface area contributed by atoms with Gasteiger partial charge in [0.1, 0.15) is 11.5 Å². The van der Waals surface area contributed by atoms with Gasteiger partial charge in [0.15, 0.2) is 5.82 Å². The van der Waals surface area contributed by atoms with Crippen LogP contribution < -0.4 is 10.9 Å². The summed E-state index contributed by atoms with van der Waals surface area (Å²) in [5, 5.41) is 3.17. The maximum Gasteiger partial charge on any atom is 0.293 e. The summed E-state index contributed by atoms with van der Waals surface area (Å²) < 4.78 is 7.18. The molecule has 0 aliphatic carbocycles. The Morgan fingerprint density at radius 2 is 2.00 bits per heavy atom. The second-order valence-corrected chi connectivity index (χ2v) is 5.32. The van der Waals surface area contributed by atoms with Gasteiger partial charge in [-0.25, -0.2) is 4.98 Å². The smallest absolute Gasteiger partial charge is 0.293 e. The third kappa shape index (κ3) is 2.76. The number of hydrogen-bond acceptors (Lipinski definition) is 4. The Bertz CT molecular complexity index is 655. The molecule has 2 aromatic heterocycles. The lowest BCUT2D eigenvalue weighted by Gasteiger charge is -2.15. The van der Waals surface area contributed by atoms with Crippen LogP contribution in [-0.2, 0) is 0 Å². The van der Waals surface area contributed by atoms with Crippen molar-refractivity contribution in [1.82, 2.24) is 9.55 Å². The highest BCUT2D eigenvalue weighted by Crippen LogP contribution is 2.23. The number of aryl methyl sites for hydroxylation is 2. The molecule has 0 saturated carbocycles. The molecule has 0 aliphatic heterocycles. The predicted molar refractivity (Wildman–Crippen MR) is 79.1 cm³/mol. The van der Waals surface area contributed by atoms with Crippen LogP contribution in [0, 0.1) is 13.8 Å². The van der Waals surface area contributed by atoms with Gasteiger partial charge in [-0.3, -0.25) is 4.79 Å². The van der Waals surface area contributed by atoms with Crippen LogP contribution in [0.2, 0.25) is 0 Å². The third-order valence-corrected chi connectivity index (χ3v) is 3.32. The fourth-order valence-electron chi connectivity index (χ4n) is 2.29. The summed E-state index contributed by atoms with van der Waals surface area (Å²) in [6.07, 6.45) is 3.35. The molecule has 0 radical (unpaired) electrons. The van der Waals surface area contributed by atoms with Gasteiger partial charge in [0.2, 0.25) is 0 Å². The topological polar surface area (TPSA) is 60.1 Å². The van der Waals surface area contributed by atoms with Crippen LogP contribution in [0.25, 0.3) is 0 Å². The lowest BCUT2D eigenvalue weighted by molar-refractivity contribution is 0.499. The zero-order chi connectivity index (χ0) is 14.9. The van der Waals surface area contributed by atoms with Gasteiger partial charge in [-0.1, -0.05) is 0 Å². The van der Waals surface area contributed by atoms with Crippen molar-refractivity contribution in [1.29, 1.82) is 0 Å². The normalized spacial score (nSPS) is 12.7. The van der Waals surface area contributed by atoms with Crippen LogP contribution >= 0.6 is 0 Å². The van der Waals surface area contributed by atoms with Gasteiger partial charge in [-0.05, 0) is 40.7 Å². The number of anilines is 1. The zero-order valence-electron chi connectivity index (χ0n) is 12.6. The highest BCUT2D eigenvalue weighted by Gasteiger charge is 2.15. The van der Waals surface area contributed by atoms with Crippen LogP contribution in [0.5, 0.6) is 0 Å². The number of rotatable bonds is 4. The molecule has 0 aliphatic rings. The molecule has 5 heteroatoms. The maximum atomic E-state index is 12.3. The molecular weight excluding hydrogens is 254 g/mol. The summed E-state index contributed by atoms with van der Waals surface area (Å²) in [7, 11) is 0. The third-order valence-electron chi connectivity index (χ3n) is 3.32. The van der Waals surface area contributed by atoms with Crippen molar-refractivity contribution in [2.24, 2.45) is 0 Å². The molecule has 1 unspecified atom stereocenters. The Morgan fingerprint density at radius 1 is 1.30 bits per heavy atom. The molecule has 0 spiro atoms. The number of nitrogens with zero attached hydrogens (tertiary/aromatic N) is 2. The molecule has 108 valence electrons. The van der Waals surface area contributed by atoms with Gasteiger partial charge in [0.05, 0.1) is 6.04 Å². The zero-order valence-corrected chi connectivity index (χ0v) is 12.6. The lowest BCUT2D eigenvalue weighted by atomic mass is 10.1. The van der Waals surface area contributed by atoms with Crippen LogP contribution in [-0.4, -0.2) is 9.55 Å². The SMILES string of the molecule is Cc1cc(C(C)Nc2nccn(C(C)C)c2=O)c(C)o1. The number of hydrogen-bond donors (Lipinski definition) is 1. The Hall–Kier alpha value is -2.04. The molecule has 0 aromatic carbocycles. The van der Waals surface area contributed by atoms with E-state index in [1.165, 1.54) is 0 Å². The first kappa shape index (κ1) is 14.4. The van der Waals surface area contributed by atoms with E-state index in [1.807, 2.05) is 40.7 Å². The molecule has 0 saturated heterocycles. The van der Waals surface area contributed by atoms with Crippen molar-refractivity contribution in [3.8, 4) is 0 Å². The molecule has 0 bridgehead atoms. The summed E-state index contributed by atoms with van der Waals surface area (Å²) in [6.45, 7) is 9.77. The van der Waals surface area contributed by atoms with E-state index in [4.69, 9.17) is 4.42 Å². The van der Waals surface area contributed by atoms with Crippen molar-refractivity contribution in [3.05, 3.63) is 45.9 Å². The van der Waals surface area contributed by atoms with Crippen molar-refractivity contribution in [2.75, 3.05) is 5.32 Å². The van der Waals surface area contributed by atoms with Gasteiger partial charge in [0.25, 0.3) is 5.56 Å². The molecule has 20 heavy (non-hydrogen) atoms. The Kier molecular flexibility index (Phi) is 3.97. The average Bonchev–Trinajstić information content (AvgIpc) is 2.70. The minimum Gasteiger partial charge on any atom is -0.466 e. The number of aromatic nitrogens is 2. The molecular formula is C15H21N3O2. The molecule has 2 rings (SSSR count).